The van der Waals surface area contributed by atoms with Crippen LogP contribution in [-0.4, -0.2) is 37.2 Å². The minimum absolute atomic E-state index is 0.135. The fourth-order valence-electron chi connectivity index (χ4n) is 4.18. The zero-order valence-electron chi connectivity index (χ0n) is 15.9. The van der Waals surface area contributed by atoms with Gasteiger partial charge >= 0.3 is 0 Å². The minimum Gasteiger partial charge on any atom is -0.466 e. The van der Waals surface area contributed by atoms with Crippen LogP contribution in [-0.2, 0) is 14.2 Å². The lowest BCUT2D eigenvalue weighted by Crippen LogP contribution is -2.51. The molecule has 2 heterocycles. The lowest BCUT2D eigenvalue weighted by atomic mass is 9.77. The SMILES string of the molecule is C=CCOCC1(CC)CCCN(C(C2=CC=CCC2)C2=COC=CO2)C1. The smallest absolute Gasteiger partial charge is 0.160 e. The summed E-state index contributed by atoms with van der Waals surface area (Å²) in [4.78, 5) is 2.56. The summed E-state index contributed by atoms with van der Waals surface area (Å²) < 4.78 is 17.2. The van der Waals surface area contributed by atoms with Crippen molar-refractivity contribution in [2.75, 3.05) is 26.3 Å². The van der Waals surface area contributed by atoms with Gasteiger partial charge in [-0.1, -0.05) is 31.2 Å². The summed E-state index contributed by atoms with van der Waals surface area (Å²) in [5.41, 5.74) is 1.59. The Morgan fingerprint density at radius 1 is 1.42 bits per heavy atom. The molecule has 0 radical (unpaired) electrons. The molecule has 0 amide bonds. The molecular weight excluding hydrogens is 326 g/mol. The van der Waals surface area contributed by atoms with Crippen molar-refractivity contribution in [3.63, 3.8) is 0 Å². The molecule has 4 nitrogen and oxygen atoms in total. The van der Waals surface area contributed by atoms with Crippen LogP contribution < -0.4 is 0 Å². The zero-order chi connectivity index (χ0) is 18.2. The summed E-state index contributed by atoms with van der Waals surface area (Å²) in [6.45, 7) is 9.53. The molecule has 1 fully saturated rings. The first-order valence-electron chi connectivity index (χ1n) is 9.73. The van der Waals surface area contributed by atoms with Gasteiger partial charge in [-0.3, -0.25) is 4.90 Å². The molecule has 4 heteroatoms. The Bertz CT molecular complexity index is 605. The van der Waals surface area contributed by atoms with Crippen LogP contribution in [0.3, 0.4) is 0 Å². The predicted molar refractivity (Wildman–Crippen MR) is 104 cm³/mol. The number of likely N-dealkylation sites (tertiary alicyclic amines) is 1. The number of piperidine rings is 1. The summed E-state index contributed by atoms with van der Waals surface area (Å²) in [5.74, 6) is 0.882. The molecule has 3 aliphatic rings. The van der Waals surface area contributed by atoms with Gasteiger partial charge in [-0.05, 0) is 44.2 Å². The molecule has 142 valence electrons. The van der Waals surface area contributed by atoms with Crippen molar-refractivity contribution in [1.82, 2.24) is 4.90 Å². The highest BCUT2D eigenvalue weighted by Crippen LogP contribution is 2.38. The van der Waals surface area contributed by atoms with Crippen LogP contribution in [0.2, 0.25) is 0 Å². The summed E-state index contributed by atoms with van der Waals surface area (Å²) in [7, 11) is 0. The molecule has 0 aromatic rings. The monoisotopic (exact) mass is 357 g/mol. The van der Waals surface area contributed by atoms with E-state index in [1.807, 2.05) is 6.08 Å². The first kappa shape index (κ1) is 19.0. The Morgan fingerprint density at radius 3 is 3.04 bits per heavy atom. The van der Waals surface area contributed by atoms with Crippen molar-refractivity contribution < 1.29 is 14.2 Å². The maximum Gasteiger partial charge on any atom is 0.160 e. The Balaban J connectivity index is 1.80. The number of rotatable bonds is 8. The number of hydrogen-bond donors (Lipinski definition) is 0. The average molecular weight is 357 g/mol. The topological polar surface area (TPSA) is 30.9 Å². The van der Waals surface area contributed by atoms with E-state index in [9.17, 15) is 0 Å². The van der Waals surface area contributed by atoms with Gasteiger partial charge < -0.3 is 14.2 Å². The number of hydrogen-bond acceptors (Lipinski definition) is 4. The van der Waals surface area contributed by atoms with E-state index in [-0.39, 0.29) is 11.5 Å². The standard InChI is InChI=1S/C22H31NO3/c1-3-13-25-18-22(4-2)11-8-12-23(17-22)21(19-9-6-5-7-10-19)20-16-24-14-15-26-20/h3,5-6,9,14-16,21H,1,4,7-8,10-13,17-18H2,2H3. The second kappa shape index (κ2) is 9.24. The highest BCUT2D eigenvalue weighted by Gasteiger charge is 2.39. The second-order valence-corrected chi connectivity index (χ2v) is 7.39. The van der Waals surface area contributed by atoms with Crippen LogP contribution in [0, 0.1) is 5.41 Å². The van der Waals surface area contributed by atoms with Crippen LogP contribution in [0.15, 0.2) is 61.0 Å². The lowest BCUT2D eigenvalue weighted by Gasteiger charge is -2.46. The number of allylic oxidation sites excluding steroid dienone is 3. The maximum atomic E-state index is 5.88. The molecule has 0 aromatic carbocycles. The van der Waals surface area contributed by atoms with Crippen molar-refractivity contribution in [3.8, 4) is 0 Å². The van der Waals surface area contributed by atoms with Crippen LogP contribution in [0.4, 0.5) is 0 Å². The molecule has 2 unspecified atom stereocenters. The molecule has 0 saturated carbocycles. The summed E-state index contributed by atoms with van der Waals surface area (Å²) >= 11 is 0. The van der Waals surface area contributed by atoms with E-state index in [0.29, 0.717) is 6.61 Å². The number of ether oxygens (including phenoxy) is 3. The zero-order valence-corrected chi connectivity index (χ0v) is 15.9. The third kappa shape index (κ3) is 4.49. The molecular formula is C22H31NO3. The van der Waals surface area contributed by atoms with Gasteiger partial charge in [-0.25, -0.2) is 0 Å². The Hall–Kier alpha value is -1.78. The molecule has 0 aromatic heterocycles. The van der Waals surface area contributed by atoms with E-state index in [4.69, 9.17) is 14.2 Å². The van der Waals surface area contributed by atoms with Gasteiger partial charge in [-0.15, -0.1) is 6.58 Å². The average Bonchev–Trinajstić information content (AvgIpc) is 2.70. The molecule has 1 saturated heterocycles. The lowest BCUT2D eigenvalue weighted by molar-refractivity contribution is -0.0125. The molecule has 2 aliphatic heterocycles. The molecule has 1 aliphatic carbocycles. The quantitative estimate of drug-likeness (QED) is 0.466. The summed E-state index contributed by atoms with van der Waals surface area (Å²) in [6, 6.07) is 0.135. The normalized spacial score (nSPS) is 27.1. The van der Waals surface area contributed by atoms with Crippen LogP contribution in [0.5, 0.6) is 0 Å². The van der Waals surface area contributed by atoms with Crippen LogP contribution >= 0.6 is 0 Å². The molecule has 0 spiro atoms. The molecule has 3 rings (SSSR count). The van der Waals surface area contributed by atoms with E-state index >= 15 is 0 Å². The van der Waals surface area contributed by atoms with E-state index in [1.54, 1.807) is 18.8 Å². The minimum atomic E-state index is 0.135. The summed E-state index contributed by atoms with van der Waals surface area (Å²) in [6.07, 6.45) is 19.1. The molecule has 0 N–H and O–H groups in total. The second-order valence-electron chi connectivity index (χ2n) is 7.39. The van der Waals surface area contributed by atoms with Crippen molar-refractivity contribution in [3.05, 3.63) is 61.0 Å². The van der Waals surface area contributed by atoms with Gasteiger partial charge in [0.05, 0.1) is 19.3 Å². The van der Waals surface area contributed by atoms with Crippen molar-refractivity contribution in [2.24, 2.45) is 5.41 Å². The van der Waals surface area contributed by atoms with Gasteiger partial charge in [-0.2, -0.15) is 0 Å². The first-order chi connectivity index (χ1) is 12.8. The summed E-state index contributed by atoms with van der Waals surface area (Å²) in [5, 5.41) is 0. The highest BCUT2D eigenvalue weighted by molar-refractivity contribution is 5.30. The van der Waals surface area contributed by atoms with Crippen LogP contribution in [0.25, 0.3) is 0 Å². The van der Waals surface area contributed by atoms with Crippen molar-refractivity contribution in [1.29, 1.82) is 0 Å². The Kier molecular flexibility index (Phi) is 6.75. The first-order valence-corrected chi connectivity index (χ1v) is 9.73. The van der Waals surface area contributed by atoms with Gasteiger partial charge in [0.25, 0.3) is 0 Å². The van der Waals surface area contributed by atoms with Crippen LogP contribution in [0.1, 0.15) is 39.0 Å². The van der Waals surface area contributed by atoms with Crippen molar-refractivity contribution >= 4 is 0 Å². The Morgan fingerprint density at radius 2 is 2.35 bits per heavy atom. The fourth-order valence-corrected chi connectivity index (χ4v) is 4.18. The molecule has 2 atom stereocenters. The number of nitrogens with zero attached hydrogens (tertiary/aromatic N) is 1. The molecule has 0 bridgehead atoms. The fraction of sp³-hybridized carbons (Fsp3) is 0.545. The third-order valence-corrected chi connectivity index (χ3v) is 5.64. The predicted octanol–water partition coefficient (Wildman–Crippen LogP) is 4.69. The van der Waals surface area contributed by atoms with Gasteiger partial charge in [0.2, 0.25) is 0 Å². The van der Waals surface area contributed by atoms with Gasteiger partial charge in [0.1, 0.15) is 18.8 Å². The van der Waals surface area contributed by atoms with Gasteiger partial charge in [0, 0.05) is 12.0 Å². The maximum absolute atomic E-state index is 5.88. The highest BCUT2D eigenvalue weighted by atomic mass is 16.5. The van der Waals surface area contributed by atoms with E-state index < -0.39 is 0 Å². The van der Waals surface area contributed by atoms with E-state index in [0.717, 1.165) is 44.7 Å². The largest absolute Gasteiger partial charge is 0.466 e. The van der Waals surface area contributed by atoms with E-state index in [1.165, 1.54) is 18.4 Å². The molecule has 26 heavy (non-hydrogen) atoms. The van der Waals surface area contributed by atoms with E-state index in [2.05, 4.69) is 36.6 Å². The van der Waals surface area contributed by atoms with Crippen molar-refractivity contribution in [2.45, 2.75) is 45.1 Å². The van der Waals surface area contributed by atoms with Gasteiger partial charge in [0.15, 0.2) is 5.76 Å². The Labute approximate surface area is 157 Å². The third-order valence-electron chi connectivity index (χ3n) is 5.64.